The molecule has 3 N–H and O–H groups in total. The molecule has 0 unspecified atom stereocenters. The summed E-state index contributed by atoms with van der Waals surface area (Å²) in [5.41, 5.74) is 3.89. The summed E-state index contributed by atoms with van der Waals surface area (Å²) in [5, 5.41) is 14.2. The normalized spacial score (nSPS) is 12.4. The van der Waals surface area contributed by atoms with Crippen molar-refractivity contribution < 1.29 is 24.2 Å². The highest BCUT2D eigenvalue weighted by Crippen LogP contribution is 2.44. The molecule has 35 heavy (non-hydrogen) atoms. The monoisotopic (exact) mass is 473 g/mol. The molecule has 0 aliphatic heterocycles. The lowest BCUT2D eigenvalue weighted by atomic mass is 9.98. The molecule has 0 spiro atoms. The van der Waals surface area contributed by atoms with Crippen LogP contribution in [0.1, 0.15) is 54.2 Å². The van der Waals surface area contributed by atoms with E-state index in [9.17, 15) is 14.4 Å². The molecule has 1 aromatic heterocycles. The first-order valence-corrected chi connectivity index (χ1v) is 11.4. The summed E-state index contributed by atoms with van der Waals surface area (Å²) in [6.45, 7) is 3.65. The summed E-state index contributed by atoms with van der Waals surface area (Å²) in [7, 11) is 0. The molecule has 0 saturated carbocycles. The van der Waals surface area contributed by atoms with Crippen molar-refractivity contribution in [1.29, 1.82) is 0 Å². The molecular weight excluding hydrogens is 446 g/mol. The number of hydrogen-bond acceptors (Lipinski definition) is 5. The lowest BCUT2D eigenvalue weighted by molar-refractivity contribution is -0.137. The smallest absolute Gasteiger partial charge is 0.412 e. The summed E-state index contributed by atoms with van der Waals surface area (Å²) in [6, 6.07) is 20.8. The van der Waals surface area contributed by atoms with Crippen molar-refractivity contribution in [3.63, 3.8) is 0 Å². The van der Waals surface area contributed by atoms with Gasteiger partial charge in [0.2, 0.25) is 0 Å². The second kappa shape index (κ2) is 9.97. The molecule has 180 valence electrons. The largest absolute Gasteiger partial charge is 0.481 e. The molecule has 0 saturated heterocycles. The highest BCUT2D eigenvalue weighted by atomic mass is 16.5. The average molecular weight is 474 g/mol. The molecule has 2 aromatic carbocycles. The van der Waals surface area contributed by atoms with E-state index in [2.05, 4.69) is 27.8 Å². The zero-order valence-electron chi connectivity index (χ0n) is 19.6. The highest BCUT2D eigenvalue weighted by molar-refractivity contribution is 5.94. The van der Waals surface area contributed by atoms with E-state index in [1.54, 1.807) is 26.0 Å². The Morgan fingerprint density at radius 3 is 2.20 bits per heavy atom. The Labute approximate surface area is 203 Å². The van der Waals surface area contributed by atoms with Crippen LogP contribution >= 0.6 is 0 Å². The Hall–Kier alpha value is -4.20. The molecular formula is C27H27N3O5. The van der Waals surface area contributed by atoms with Crippen LogP contribution in [-0.2, 0) is 9.53 Å². The van der Waals surface area contributed by atoms with E-state index in [-0.39, 0.29) is 36.9 Å². The first kappa shape index (κ1) is 23.9. The lowest BCUT2D eigenvalue weighted by Gasteiger charge is -2.25. The number of benzene rings is 2. The van der Waals surface area contributed by atoms with Gasteiger partial charge in [-0.3, -0.25) is 14.9 Å². The number of aliphatic carboxylic acids is 1. The van der Waals surface area contributed by atoms with Gasteiger partial charge in [-0.25, -0.2) is 9.78 Å². The zero-order chi connectivity index (χ0) is 25.0. The number of pyridine rings is 1. The third kappa shape index (κ3) is 5.66. The second-order valence-corrected chi connectivity index (χ2v) is 9.09. The standard InChI is InChI=1S/C27H27N3O5/c1-27(2,15-14-24(31)32)30-25(33)22-12-7-13-23(28-22)29-26(34)35-16-21-19-10-5-3-8-17(19)18-9-4-6-11-20(18)21/h3-13,21H,14-16H2,1-2H3,(H,30,33)(H,31,32)(H,28,29,34). The van der Waals surface area contributed by atoms with Gasteiger partial charge in [0.1, 0.15) is 18.1 Å². The number of aromatic nitrogens is 1. The van der Waals surface area contributed by atoms with Crippen LogP contribution in [0.4, 0.5) is 10.6 Å². The zero-order valence-corrected chi connectivity index (χ0v) is 19.6. The maximum Gasteiger partial charge on any atom is 0.412 e. The second-order valence-electron chi connectivity index (χ2n) is 9.09. The van der Waals surface area contributed by atoms with Gasteiger partial charge in [0.05, 0.1) is 0 Å². The van der Waals surface area contributed by atoms with Crippen LogP contribution in [0.25, 0.3) is 11.1 Å². The fraction of sp³-hybridized carbons (Fsp3) is 0.259. The number of ether oxygens (including phenoxy) is 1. The molecule has 1 aliphatic rings. The van der Waals surface area contributed by atoms with E-state index in [4.69, 9.17) is 9.84 Å². The van der Waals surface area contributed by atoms with Crippen LogP contribution < -0.4 is 10.6 Å². The maximum absolute atomic E-state index is 12.6. The molecule has 8 heteroatoms. The van der Waals surface area contributed by atoms with Gasteiger partial charge in [-0.15, -0.1) is 0 Å². The molecule has 0 bridgehead atoms. The topological polar surface area (TPSA) is 118 Å². The van der Waals surface area contributed by atoms with Crippen LogP contribution in [-0.4, -0.2) is 40.2 Å². The lowest BCUT2D eigenvalue weighted by Crippen LogP contribution is -2.44. The molecule has 1 heterocycles. The Kier molecular flexibility index (Phi) is 6.82. The number of anilines is 1. The third-order valence-electron chi connectivity index (χ3n) is 5.97. The van der Waals surface area contributed by atoms with Crippen molar-refractivity contribution in [2.75, 3.05) is 11.9 Å². The van der Waals surface area contributed by atoms with Crippen LogP contribution in [0.5, 0.6) is 0 Å². The number of carbonyl (C=O) groups is 3. The Balaban J connectivity index is 1.38. The van der Waals surface area contributed by atoms with E-state index in [0.717, 1.165) is 22.3 Å². The quantitative estimate of drug-likeness (QED) is 0.432. The number of amides is 2. The van der Waals surface area contributed by atoms with Crippen molar-refractivity contribution >= 4 is 23.8 Å². The van der Waals surface area contributed by atoms with E-state index in [1.807, 2.05) is 36.4 Å². The first-order valence-electron chi connectivity index (χ1n) is 11.4. The van der Waals surface area contributed by atoms with Gasteiger partial charge in [0, 0.05) is 17.9 Å². The van der Waals surface area contributed by atoms with Gasteiger partial charge in [0.25, 0.3) is 5.91 Å². The summed E-state index contributed by atoms with van der Waals surface area (Å²) in [5.74, 6) is -1.28. The Bertz CT molecular complexity index is 1230. The van der Waals surface area contributed by atoms with Crippen molar-refractivity contribution in [3.8, 4) is 11.1 Å². The first-order chi connectivity index (χ1) is 16.7. The van der Waals surface area contributed by atoms with Gasteiger partial charge in [0.15, 0.2) is 0 Å². The SMILES string of the molecule is CC(C)(CCC(=O)O)NC(=O)c1cccc(NC(=O)OCC2c3ccccc3-c3ccccc32)n1. The predicted octanol–water partition coefficient (Wildman–Crippen LogP) is 4.82. The fourth-order valence-corrected chi connectivity index (χ4v) is 4.22. The highest BCUT2D eigenvalue weighted by Gasteiger charge is 2.29. The van der Waals surface area contributed by atoms with Crippen LogP contribution in [0, 0.1) is 0 Å². The van der Waals surface area contributed by atoms with Crippen molar-refractivity contribution in [2.24, 2.45) is 0 Å². The number of carboxylic acid groups (broad SMARTS) is 1. The van der Waals surface area contributed by atoms with E-state index in [1.165, 1.54) is 6.07 Å². The van der Waals surface area contributed by atoms with E-state index < -0.39 is 23.5 Å². The Morgan fingerprint density at radius 2 is 1.57 bits per heavy atom. The van der Waals surface area contributed by atoms with Crippen LogP contribution in [0.2, 0.25) is 0 Å². The summed E-state index contributed by atoms with van der Waals surface area (Å²) in [4.78, 5) is 40.2. The minimum absolute atomic E-state index is 0.0637. The summed E-state index contributed by atoms with van der Waals surface area (Å²) in [6.07, 6.45) is -0.464. The summed E-state index contributed by atoms with van der Waals surface area (Å²) < 4.78 is 5.53. The number of hydrogen-bond donors (Lipinski definition) is 3. The average Bonchev–Trinajstić information content (AvgIpc) is 3.15. The molecule has 0 atom stereocenters. The number of carbonyl (C=O) groups excluding carboxylic acids is 2. The van der Waals surface area contributed by atoms with Crippen LogP contribution in [0.15, 0.2) is 66.7 Å². The summed E-state index contributed by atoms with van der Waals surface area (Å²) >= 11 is 0. The number of carboxylic acids is 1. The minimum Gasteiger partial charge on any atom is -0.481 e. The van der Waals surface area contributed by atoms with Crippen LogP contribution in [0.3, 0.4) is 0 Å². The number of fused-ring (bicyclic) bond motifs is 3. The van der Waals surface area contributed by atoms with E-state index >= 15 is 0 Å². The number of rotatable bonds is 8. The van der Waals surface area contributed by atoms with Gasteiger partial charge in [-0.05, 0) is 54.7 Å². The molecule has 8 nitrogen and oxygen atoms in total. The molecule has 4 rings (SSSR count). The fourth-order valence-electron chi connectivity index (χ4n) is 4.22. The molecule has 0 radical (unpaired) electrons. The third-order valence-corrected chi connectivity index (χ3v) is 5.97. The van der Waals surface area contributed by atoms with Gasteiger partial charge in [-0.1, -0.05) is 54.6 Å². The van der Waals surface area contributed by atoms with Gasteiger partial charge < -0.3 is 15.2 Å². The number of nitrogens with one attached hydrogen (secondary N) is 2. The molecule has 0 fully saturated rings. The van der Waals surface area contributed by atoms with Crippen molar-refractivity contribution in [3.05, 3.63) is 83.6 Å². The van der Waals surface area contributed by atoms with Gasteiger partial charge >= 0.3 is 12.1 Å². The molecule has 2 amide bonds. The maximum atomic E-state index is 12.6. The van der Waals surface area contributed by atoms with Crippen molar-refractivity contribution in [1.82, 2.24) is 10.3 Å². The predicted molar refractivity (Wildman–Crippen MR) is 131 cm³/mol. The van der Waals surface area contributed by atoms with Crippen molar-refractivity contribution in [2.45, 2.75) is 38.1 Å². The molecule has 3 aromatic rings. The number of nitrogens with zero attached hydrogens (tertiary/aromatic N) is 1. The van der Waals surface area contributed by atoms with Gasteiger partial charge in [-0.2, -0.15) is 0 Å². The minimum atomic E-state index is -0.931. The Morgan fingerprint density at radius 1 is 0.943 bits per heavy atom. The van der Waals surface area contributed by atoms with E-state index in [0.29, 0.717) is 0 Å². The molecule has 1 aliphatic carbocycles.